The van der Waals surface area contributed by atoms with Crippen LogP contribution in [0.4, 0.5) is 10.1 Å². The Bertz CT molecular complexity index is 359. The highest BCUT2D eigenvalue weighted by atomic mass is 19.1. The first-order chi connectivity index (χ1) is 7.00. The van der Waals surface area contributed by atoms with E-state index >= 15 is 0 Å². The lowest BCUT2D eigenvalue weighted by Gasteiger charge is -2.15. The number of anilines is 1. The van der Waals surface area contributed by atoms with Crippen LogP contribution in [-0.2, 0) is 4.79 Å². The summed E-state index contributed by atoms with van der Waals surface area (Å²) < 4.78 is 12.6. The molecule has 80 valence electrons. The number of halogens is 1. The minimum absolute atomic E-state index is 0.359. The Morgan fingerprint density at radius 2 is 2.00 bits per heavy atom. The lowest BCUT2D eigenvalue weighted by molar-refractivity contribution is -0.137. The zero-order chi connectivity index (χ0) is 11.4. The van der Waals surface area contributed by atoms with Gasteiger partial charge in [0.2, 0.25) is 0 Å². The molecule has 3 nitrogen and oxygen atoms in total. The minimum atomic E-state index is -1.01. The van der Waals surface area contributed by atoms with Gasteiger partial charge in [-0.15, -0.1) is 0 Å². The molecule has 0 heterocycles. The fourth-order valence-electron chi connectivity index (χ4n) is 1.11. The number of rotatable bonds is 4. The van der Waals surface area contributed by atoms with Gasteiger partial charge in [-0.05, 0) is 36.8 Å². The predicted molar refractivity (Wildman–Crippen MR) is 56.3 cm³/mol. The van der Waals surface area contributed by atoms with Gasteiger partial charge in [0.05, 0.1) is 0 Å². The molecule has 4 heteroatoms. The van der Waals surface area contributed by atoms with Crippen LogP contribution in [0.5, 0.6) is 0 Å². The van der Waals surface area contributed by atoms with Crippen LogP contribution in [0.2, 0.25) is 0 Å². The maximum atomic E-state index is 12.6. The van der Waals surface area contributed by atoms with Crippen LogP contribution in [-0.4, -0.2) is 17.1 Å². The SMILES string of the molecule is C=C(C)C(Nc1ccc(F)cc1)C(=O)O. The Morgan fingerprint density at radius 1 is 1.47 bits per heavy atom. The standard InChI is InChI=1S/C11H12FNO2/c1-7(2)10(11(14)15)13-9-5-3-8(12)4-6-9/h3-6,10,13H,1H2,2H3,(H,14,15). The quantitative estimate of drug-likeness (QED) is 0.748. The highest BCUT2D eigenvalue weighted by Crippen LogP contribution is 2.12. The molecule has 0 bridgehead atoms. The van der Waals surface area contributed by atoms with E-state index in [0.29, 0.717) is 11.3 Å². The van der Waals surface area contributed by atoms with Gasteiger partial charge in [0, 0.05) is 5.69 Å². The van der Waals surface area contributed by atoms with E-state index in [2.05, 4.69) is 11.9 Å². The molecule has 0 amide bonds. The normalized spacial score (nSPS) is 11.9. The second-order valence-electron chi connectivity index (χ2n) is 3.27. The van der Waals surface area contributed by atoms with Crippen molar-refractivity contribution in [2.45, 2.75) is 13.0 Å². The maximum absolute atomic E-state index is 12.6. The number of hydrogen-bond acceptors (Lipinski definition) is 2. The topological polar surface area (TPSA) is 49.3 Å². The van der Waals surface area contributed by atoms with Crippen LogP contribution in [0.25, 0.3) is 0 Å². The predicted octanol–water partition coefficient (Wildman–Crippen LogP) is 2.27. The lowest BCUT2D eigenvalue weighted by atomic mass is 10.1. The van der Waals surface area contributed by atoms with E-state index in [0.717, 1.165) is 0 Å². The van der Waals surface area contributed by atoms with Gasteiger partial charge in [-0.25, -0.2) is 9.18 Å². The summed E-state index contributed by atoms with van der Waals surface area (Å²) in [5.74, 6) is -1.37. The Balaban J connectivity index is 2.79. The number of aliphatic carboxylic acids is 1. The van der Waals surface area contributed by atoms with Gasteiger partial charge in [-0.1, -0.05) is 6.58 Å². The summed E-state index contributed by atoms with van der Waals surface area (Å²) in [5, 5.41) is 11.6. The smallest absolute Gasteiger partial charge is 0.330 e. The van der Waals surface area contributed by atoms with Crippen LogP contribution < -0.4 is 5.32 Å². The molecule has 0 aliphatic heterocycles. The second-order valence-corrected chi connectivity index (χ2v) is 3.27. The summed E-state index contributed by atoms with van der Waals surface area (Å²) >= 11 is 0. The molecule has 1 rings (SSSR count). The molecular weight excluding hydrogens is 197 g/mol. The fraction of sp³-hybridized carbons (Fsp3) is 0.182. The Labute approximate surface area is 87.2 Å². The lowest BCUT2D eigenvalue weighted by Crippen LogP contribution is -2.29. The van der Waals surface area contributed by atoms with E-state index in [-0.39, 0.29) is 5.82 Å². The van der Waals surface area contributed by atoms with Gasteiger partial charge in [0.1, 0.15) is 11.9 Å². The summed E-state index contributed by atoms with van der Waals surface area (Å²) in [5.41, 5.74) is 1.04. The zero-order valence-electron chi connectivity index (χ0n) is 8.33. The van der Waals surface area contributed by atoms with Gasteiger partial charge in [0.15, 0.2) is 0 Å². The van der Waals surface area contributed by atoms with Crippen LogP contribution in [0, 0.1) is 5.82 Å². The average molecular weight is 209 g/mol. The molecule has 15 heavy (non-hydrogen) atoms. The van der Waals surface area contributed by atoms with Crippen LogP contribution in [0.1, 0.15) is 6.92 Å². The van der Waals surface area contributed by atoms with E-state index in [9.17, 15) is 9.18 Å². The van der Waals surface area contributed by atoms with Crippen LogP contribution in [0.3, 0.4) is 0 Å². The van der Waals surface area contributed by atoms with Gasteiger partial charge < -0.3 is 10.4 Å². The molecule has 0 fully saturated rings. The summed E-state index contributed by atoms with van der Waals surface area (Å²) in [6, 6.07) is 4.64. The number of carboxylic acid groups (broad SMARTS) is 1. The first kappa shape index (κ1) is 11.2. The molecule has 0 saturated heterocycles. The third-order valence-electron chi connectivity index (χ3n) is 1.89. The molecular formula is C11H12FNO2. The Hall–Kier alpha value is -1.84. The Morgan fingerprint density at radius 3 is 2.40 bits per heavy atom. The fourth-order valence-corrected chi connectivity index (χ4v) is 1.11. The monoisotopic (exact) mass is 209 g/mol. The van der Waals surface area contributed by atoms with E-state index in [1.54, 1.807) is 6.92 Å². The third-order valence-corrected chi connectivity index (χ3v) is 1.89. The van der Waals surface area contributed by atoms with Crippen molar-refractivity contribution in [1.82, 2.24) is 0 Å². The molecule has 1 atom stereocenters. The van der Waals surface area contributed by atoms with Gasteiger partial charge in [0.25, 0.3) is 0 Å². The van der Waals surface area contributed by atoms with Gasteiger partial charge >= 0.3 is 5.97 Å². The summed E-state index contributed by atoms with van der Waals surface area (Å²) in [4.78, 5) is 10.8. The van der Waals surface area contributed by atoms with Crippen LogP contribution in [0.15, 0.2) is 36.4 Å². The van der Waals surface area contributed by atoms with Crippen molar-refractivity contribution in [2.75, 3.05) is 5.32 Å². The molecule has 0 spiro atoms. The third kappa shape index (κ3) is 3.09. The first-order valence-electron chi connectivity index (χ1n) is 4.41. The van der Waals surface area contributed by atoms with Crippen molar-refractivity contribution in [3.05, 3.63) is 42.2 Å². The average Bonchev–Trinajstić information content (AvgIpc) is 2.15. The largest absolute Gasteiger partial charge is 0.479 e. The maximum Gasteiger partial charge on any atom is 0.330 e. The summed E-state index contributed by atoms with van der Waals surface area (Å²) in [6.07, 6.45) is 0. The number of benzene rings is 1. The summed E-state index contributed by atoms with van der Waals surface area (Å²) in [7, 11) is 0. The molecule has 0 aromatic heterocycles. The molecule has 1 aromatic carbocycles. The van der Waals surface area contributed by atoms with Crippen LogP contribution >= 0.6 is 0 Å². The zero-order valence-corrected chi connectivity index (χ0v) is 8.33. The Kier molecular flexibility index (Phi) is 3.44. The highest BCUT2D eigenvalue weighted by molar-refractivity contribution is 5.80. The first-order valence-corrected chi connectivity index (χ1v) is 4.41. The van der Waals surface area contributed by atoms with E-state index in [1.807, 2.05) is 0 Å². The molecule has 0 saturated carbocycles. The number of nitrogens with one attached hydrogen (secondary N) is 1. The molecule has 2 N–H and O–H groups in total. The van der Waals surface area contributed by atoms with Crippen molar-refractivity contribution < 1.29 is 14.3 Å². The van der Waals surface area contributed by atoms with Gasteiger partial charge in [-0.2, -0.15) is 0 Å². The molecule has 0 aliphatic carbocycles. The van der Waals surface area contributed by atoms with Gasteiger partial charge in [-0.3, -0.25) is 0 Å². The number of carboxylic acids is 1. The van der Waals surface area contributed by atoms with Crippen molar-refractivity contribution in [3.8, 4) is 0 Å². The molecule has 1 unspecified atom stereocenters. The van der Waals surface area contributed by atoms with E-state index in [1.165, 1.54) is 24.3 Å². The molecule has 1 aromatic rings. The summed E-state index contributed by atoms with van der Waals surface area (Å²) in [6.45, 7) is 5.19. The highest BCUT2D eigenvalue weighted by Gasteiger charge is 2.17. The molecule has 0 radical (unpaired) electrons. The number of carbonyl (C=O) groups is 1. The van der Waals surface area contributed by atoms with Crippen molar-refractivity contribution >= 4 is 11.7 Å². The van der Waals surface area contributed by atoms with Crippen molar-refractivity contribution in [2.24, 2.45) is 0 Å². The molecule has 0 aliphatic rings. The van der Waals surface area contributed by atoms with Crippen molar-refractivity contribution in [3.63, 3.8) is 0 Å². The second kappa shape index (κ2) is 4.59. The van der Waals surface area contributed by atoms with Crippen molar-refractivity contribution in [1.29, 1.82) is 0 Å². The minimum Gasteiger partial charge on any atom is -0.479 e. The van der Waals surface area contributed by atoms with E-state index in [4.69, 9.17) is 5.11 Å². The van der Waals surface area contributed by atoms with E-state index < -0.39 is 12.0 Å². The number of hydrogen-bond donors (Lipinski definition) is 2.